The molecule has 10 nitrogen and oxygen atoms in total. The molecule has 2 aliphatic rings. The minimum atomic E-state index is -3.84. The molecule has 6 rings (SSSR count). The maximum Gasteiger partial charge on any atom is 0.269 e. The largest absolute Gasteiger partial charge is 0.352 e. The maximum atomic E-state index is 13.4. The van der Waals surface area contributed by atoms with Crippen LogP contribution in [-0.4, -0.2) is 59.1 Å². The second kappa shape index (κ2) is 8.29. The van der Waals surface area contributed by atoms with Crippen LogP contribution in [0.25, 0.3) is 16.8 Å². The van der Waals surface area contributed by atoms with Gasteiger partial charge < -0.3 is 4.90 Å². The molecule has 0 unspecified atom stereocenters. The molecule has 1 saturated carbocycles. The lowest BCUT2D eigenvalue weighted by Crippen LogP contribution is -2.39. The number of nitrogens with zero attached hydrogens (tertiary/aromatic N) is 5. The molecule has 1 aliphatic carbocycles. The topological polar surface area (TPSA) is 119 Å². The van der Waals surface area contributed by atoms with E-state index in [2.05, 4.69) is 26.5 Å². The predicted molar refractivity (Wildman–Crippen MR) is 137 cm³/mol. The molecule has 190 valence electrons. The third kappa shape index (κ3) is 3.78. The molecule has 4 aromatic rings. The smallest absolute Gasteiger partial charge is 0.269 e. The number of benzene rings is 1. The third-order valence-corrected chi connectivity index (χ3v) is 10.9. The molecule has 0 amide bonds. The van der Waals surface area contributed by atoms with Crippen molar-refractivity contribution in [3.8, 4) is 0 Å². The first kappa shape index (κ1) is 23.4. The number of anilines is 1. The summed E-state index contributed by atoms with van der Waals surface area (Å²) < 4.78 is 57.9. The monoisotopic (exact) mass is 528 g/mol. The number of fused-ring (bicyclic) bond motifs is 3. The van der Waals surface area contributed by atoms with Gasteiger partial charge in [-0.3, -0.25) is 4.40 Å². The Morgan fingerprint density at radius 3 is 2.47 bits per heavy atom. The van der Waals surface area contributed by atoms with Crippen LogP contribution in [0, 0.1) is 6.92 Å². The summed E-state index contributed by atoms with van der Waals surface area (Å²) in [5, 5.41) is -0.261. The first-order valence-electron chi connectivity index (χ1n) is 12.1. The molecule has 0 spiro atoms. The Hall–Kier alpha value is -2.96. The summed E-state index contributed by atoms with van der Waals surface area (Å²) in [6, 6.07) is 8.39. The molecular weight excluding hydrogens is 500 g/mol. The van der Waals surface area contributed by atoms with Crippen molar-refractivity contribution in [3.63, 3.8) is 0 Å². The van der Waals surface area contributed by atoms with Gasteiger partial charge in [-0.2, -0.15) is 0 Å². The van der Waals surface area contributed by atoms with Crippen molar-refractivity contribution in [2.45, 2.75) is 61.8 Å². The Kier molecular flexibility index (Phi) is 5.39. The molecule has 2 fully saturated rings. The lowest BCUT2D eigenvalue weighted by molar-refractivity contribution is 0.550. The molecule has 36 heavy (non-hydrogen) atoms. The van der Waals surface area contributed by atoms with Crippen LogP contribution in [0.5, 0.6) is 0 Å². The first-order valence-corrected chi connectivity index (χ1v) is 15.1. The molecule has 12 heteroatoms. The number of nitrogens with one attached hydrogen (secondary N) is 1. The van der Waals surface area contributed by atoms with Gasteiger partial charge in [-0.1, -0.05) is 24.6 Å². The van der Waals surface area contributed by atoms with Gasteiger partial charge in [0.1, 0.15) is 5.82 Å². The van der Waals surface area contributed by atoms with E-state index in [-0.39, 0.29) is 22.2 Å². The fourth-order valence-corrected chi connectivity index (χ4v) is 7.99. The summed E-state index contributed by atoms with van der Waals surface area (Å²) in [7, 11) is -7.13. The Labute approximate surface area is 210 Å². The van der Waals surface area contributed by atoms with Crippen LogP contribution in [0.15, 0.2) is 53.8 Å². The van der Waals surface area contributed by atoms with Crippen LogP contribution in [0.3, 0.4) is 0 Å². The highest BCUT2D eigenvalue weighted by molar-refractivity contribution is 7.90. The van der Waals surface area contributed by atoms with Gasteiger partial charge in [0.25, 0.3) is 10.0 Å². The van der Waals surface area contributed by atoms with E-state index in [0.717, 1.165) is 30.6 Å². The van der Waals surface area contributed by atoms with Crippen molar-refractivity contribution >= 4 is 42.7 Å². The molecule has 2 atom stereocenters. The standard InChI is InChI=1S/C24H28N6O4S2/c1-3-18-12-17(27-35(31,32)19-8-9-19)15-28(18)23-14-25-22-13-26-24-21(30(22)23)10-11-29(24)36(33,34)20-6-4-16(2)5-7-20/h4-7,10-11,13-14,17-19,27H,3,8-9,12,15H2,1-2H3/t17-,18+/m0/s1. The highest BCUT2D eigenvalue weighted by Gasteiger charge is 2.40. The van der Waals surface area contributed by atoms with Gasteiger partial charge >= 0.3 is 0 Å². The average molecular weight is 529 g/mol. The summed E-state index contributed by atoms with van der Waals surface area (Å²) in [4.78, 5) is 11.3. The van der Waals surface area contributed by atoms with Crippen molar-refractivity contribution in [1.29, 1.82) is 0 Å². The number of aromatic nitrogens is 4. The molecule has 1 aliphatic heterocycles. The molecule has 0 bridgehead atoms. The minimum Gasteiger partial charge on any atom is -0.352 e. The van der Waals surface area contributed by atoms with E-state index in [9.17, 15) is 16.8 Å². The Morgan fingerprint density at radius 2 is 1.78 bits per heavy atom. The lowest BCUT2D eigenvalue weighted by atomic mass is 10.1. The van der Waals surface area contributed by atoms with Gasteiger partial charge in [0.2, 0.25) is 10.0 Å². The number of hydrogen-bond donors (Lipinski definition) is 1. The minimum absolute atomic E-state index is 0.124. The normalized spacial score (nSPS) is 21.1. The van der Waals surface area contributed by atoms with Gasteiger partial charge in [0.15, 0.2) is 11.3 Å². The van der Waals surface area contributed by atoms with Crippen LogP contribution in [-0.2, 0) is 20.0 Å². The molecule has 4 heterocycles. The van der Waals surface area contributed by atoms with Gasteiger partial charge in [0, 0.05) is 24.8 Å². The van der Waals surface area contributed by atoms with E-state index in [1.54, 1.807) is 42.7 Å². The van der Waals surface area contributed by atoms with Gasteiger partial charge in [-0.05, 0) is 50.8 Å². The fraction of sp³-hybridized carbons (Fsp3) is 0.417. The van der Waals surface area contributed by atoms with Gasteiger partial charge in [-0.25, -0.2) is 35.5 Å². The number of sulfonamides is 1. The molecule has 0 radical (unpaired) electrons. The van der Waals surface area contributed by atoms with Crippen molar-refractivity contribution in [2.75, 3.05) is 11.4 Å². The first-order chi connectivity index (χ1) is 17.2. The summed E-state index contributed by atoms with van der Waals surface area (Å²) in [6.45, 7) is 4.51. The molecule has 1 N–H and O–H groups in total. The van der Waals surface area contributed by atoms with Crippen LogP contribution in [0.1, 0.15) is 38.2 Å². The van der Waals surface area contributed by atoms with Gasteiger partial charge in [-0.15, -0.1) is 0 Å². The van der Waals surface area contributed by atoms with Crippen LogP contribution in [0.2, 0.25) is 0 Å². The van der Waals surface area contributed by atoms with Crippen LogP contribution < -0.4 is 9.62 Å². The zero-order valence-electron chi connectivity index (χ0n) is 20.1. The average Bonchev–Trinajstić information content (AvgIpc) is 3.31. The lowest BCUT2D eigenvalue weighted by Gasteiger charge is -2.25. The maximum absolute atomic E-state index is 13.4. The predicted octanol–water partition coefficient (Wildman–Crippen LogP) is 2.67. The second-order valence-electron chi connectivity index (χ2n) is 9.72. The van der Waals surface area contributed by atoms with Crippen molar-refractivity contribution in [2.24, 2.45) is 0 Å². The summed E-state index contributed by atoms with van der Waals surface area (Å²) in [5.41, 5.74) is 2.50. The van der Waals surface area contributed by atoms with Crippen LogP contribution >= 0.6 is 0 Å². The zero-order valence-corrected chi connectivity index (χ0v) is 21.7. The van der Waals surface area contributed by atoms with Crippen molar-refractivity contribution in [1.82, 2.24) is 23.1 Å². The van der Waals surface area contributed by atoms with Crippen LogP contribution in [0.4, 0.5) is 5.82 Å². The van der Waals surface area contributed by atoms with E-state index in [1.165, 1.54) is 10.2 Å². The number of imidazole rings is 1. The number of hydrogen-bond acceptors (Lipinski definition) is 7. The van der Waals surface area contributed by atoms with E-state index in [0.29, 0.717) is 29.8 Å². The SMILES string of the molecule is CC[C@@H]1C[C@H](NS(=O)(=O)C2CC2)CN1c1cnc2cnc3c(ccn3S(=O)(=O)c3ccc(C)cc3)n12. The highest BCUT2D eigenvalue weighted by atomic mass is 32.2. The Morgan fingerprint density at radius 1 is 1.03 bits per heavy atom. The number of aryl methyl sites for hydroxylation is 1. The van der Waals surface area contributed by atoms with Crippen molar-refractivity contribution < 1.29 is 16.8 Å². The van der Waals surface area contributed by atoms with E-state index < -0.39 is 20.0 Å². The summed E-state index contributed by atoms with van der Waals surface area (Å²) in [6.07, 6.45) is 7.83. The molecule has 1 aromatic carbocycles. The van der Waals surface area contributed by atoms with E-state index >= 15 is 0 Å². The third-order valence-electron chi connectivity index (χ3n) is 7.17. The summed E-state index contributed by atoms with van der Waals surface area (Å²) in [5.74, 6) is 0.794. The zero-order chi connectivity index (χ0) is 25.2. The second-order valence-corrected chi connectivity index (χ2v) is 13.5. The number of rotatable bonds is 7. The molecular formula is C24H28N6O4S2. The van der Waals surface area contributed by atoms with E-state index in [1.807, 2.05) is 11.3 Å². The molecule has 1 saturated heterocycles. The quantitative estimate of drug-likeness (QED) is 0.392. The van der Waals surface area contributed by atoms with Gasteiger partial charge in [0.05, 0.1) is 28.1 Å². The Balaban J connectivity index is 1.40. The fourth-order valence-electron chi connectivity index (χ4n) is 5.10. The molecule has 3 aromatic heterocycles. The summed E-state index contributed by atoms with van der Waals surface area (Å²) >= 11 is 0. The van der Waals surface area contributed by atoms with Crippen molar-refractivity contribution in [3.05, 3.63) is 54.5 Å². The van der Waals surface area contributed by atoms with E-state index in [4.69, 9.17) is 0 Å². The highest BCUT2D eigenvalue weighted by Crippen LogP contribution is 2.33. The Bertz CT molecular complexity index is 1670.